The summed E-state index contributed by atoms with van der Waals surface area (Å²) in [5, 5.41) is 0. The SMILES string of the molecule is CCOC(=O)C(C(=O)OC)C1=CC(=O)c2ccccc2C1=O. The van der Waals surface area contributed by atoms with Crippen LogP contribution in [-0.2, 0) is 19.1 Å². The second-order valence-corrected chi connectivity index (χ2v) is 4.55. The molecule has 0 amide bonds. The van der Waals surface area contributed by atoms with Gasteiger partial charge in [-0.15, -0.1) is 0 Å². The molecule has 0 N–H and O–H groups in total. The highest BCUT2D eigenvalue weighted by Gasteiger charge is 2.40. The molecule has 0 fully saturated rings. The monoisotopic (exact) mass is 302 g/mol. The van der Waals surface area contributed by atoms with Gasteiger partial charge < -0.3 is 9.47 Å². The molecule has 0 spiro atoms. The van der Waals surface area contributed by atoms with Gasteiger partial charge in [0.05, 0.1) is 13.7 Å². The molecule has 0 radical (unpaired) electrons. The topological polar surface area (TPSA) is 86.7 Å². The van der Waals surface area contributed by atoms with E-state index in [2.05, 4.69) is 4.74 Å². The number of carbonyl (C=O) groups is 4. The van der Waals surface area contributed by atoms with E-state index in [-0.39, 0.29) is 23.3 Å². The zero-order valence-corrected chi connectivity index (χ0v) is 12.1. The first kappa shape index (κ1) is 15.6. The molecular formula is C16H14O6. The van der Waals surface area contributed by atoms with Crippen LogP contribution in [0.5, 0.6) is 0 Å². The van der Waals surface area contributed by atoms with Crippen molar-refractivity contribution in [1.82, 2.24) is 0 Å². The maximum absolute atomic E-state index is 12.5. The van der Waals surface area contributed by atoms with Gasteiger partial charge in [0, 0.05) is 16.7 Å². The summed E-state index contributed by atoms with van der Waals surface area (Å²) < 4.78 is 9.37. The van der Waals surface area contributed by atoms with Gasteiger partial charge in [0.2, 0.25) is 0 Å². The Morgan fingerprint density at radius 2 is 1.73 bits per heavy atom. The van der Waals surface area contributed by atoms with Gasteiger partial charge in [-0.3, -0.25) is 19.2 Å². The first-order valence-electron chi connectivity index (χ1n) is 6.65. The van der Waals surface area contributed by atoms with Gasteiger partial charge in [0.25, 0.3) is 0 Å². The molecule has 2 rings (SSSR count). The molecule has 6 nitrogen and oxygen atoms in total. The van der Waals surface area contributed by atoms with Gasteiger partial charge in [-0.1, -0.05) is 24.3 Å². The first-order chi connectivity index (χ1) is 10.5. The van der Waals surface area contributed by atoms with Crippen molar-refractivity contribution in [2.75, 3.05) is 13.7 Å². The van der Waals surface area contributed by atoms with Gasteiger partial charge in [-0.25, -0.2) is 0 Å². The molecule has 0 bridgehead atoms. The lowest BCUT2D eigenvalue weighted by atomic mass is 9.83. The van der Waals surface area contributed by atoms with Gasteiger partial charge in [-0.2, -0.15) is 0 Å². The molecular weight excluding hydrogens is 288 g/mol. The van der Waals surface area contributed by atoms with Crippen molar-refractivity contribution in [2.24, 2.45) is 5.92 Å². The maximum atomic E-state index is 12.5. The number of rotatable bonds is 4. The van der Waals surface area contributed by atoms with Crippen LogP contribution in [0.4, 0.5) is 0 Å². The number of hydrogen-bond acceptors (Lipinski definition) is 6. The lowest BCUT2D eigenvalue weighted by Crippen LogP contribution is -2.34. The average molecular weight is 302 g/mol. The number of esters is 2. The molecule has 114 valence electrons. The summed E-state index contributed by atoms with van der Waals surface area (Å²) in [6.45, 7) is 1.61. The van der Waals surface area contributed by atoms with E-state index in [1.54, 1.807) is 19.1 Å². The molecule has 0 aromatic heterocycles. The van der Waals surface area contributed by atoms with Crippen LogP contribution < -0.4 is 0 Å². The third-order valence-electron chi connectivity index (χ3n) is 3.26. The van der Waals surface area contributed by atoms with E-state index in [1.165, 1.54) is 12.1 Å². The Kier molecular flexibility index (Phi) is 4.50. The van der Waals surface area contributed by atoms with E-state index < -0.39 is 29.4 Å². The largest absolute Gasteiger partial charge is 0.468 e. The molecule has 22 heavy (non-hydrogen) atoms. The number of ether oxygens (including phenoxy) is 2. The second kappa shape index (κ2) is 6.34. The van der Waals surface area contributed by atoms with Crippen LogP contribution in [0, 0.1) is 5.92 Å². The van der Waals surface area contributed by atoms with Crippen molar-refractivity contribution in [2.45, 2.75) is 6.92 Å². The van der Waals surface area contributed by atoms with Crippen LogP contribution in [0.15, 0.2) is 35.9 Å². The normalized spacial score (nSPS) is 14.7. The number of methoxy groups -OCH3 is 1. The second-order valence-electron chi connectivity index (χ2n) is 4.55. The zero-order chi connectivity index (χ0) is 16.3. The Morgan fingerprint density at radius 1 is 1.09 bits per heavy atom. The van der Waals surface area contributed by atoms with E-state index in [1.807, 2.05) is 0 Å². The van der Waals surface area contributed by atoms with Gasteiger partial charge in [0.1, 0.15) is 0 Å². The van der Waals surface area contributed by atoms with E-state index in [9.17, 15) is 19.2 Å². The molecule has 6 heteroatoms. The number of hydrogen-bond donors (Lipinski definition) is 0. The summed E-state index contributed by atoms with van der Waals surface area (Å²) in [4.78, 5) is 48.4. The van der Waals surface area contributed by atoms with Crippen LogP contribution in [0.1, 0.15) is 27.6 Å². The smallest absolute Gasteiger partial charge is 0.325 e. The minimum atomic E-state index is -1.56. The molecule has 1 atom stereocenters. The lowest BCUT2D eigenvalue weighted by Gasteiger charge is -2.20. The van der Waals surface area contributed by atoms with Gasteiger partial charge in [0.15, 0.2) is 17.5 Å². The number of carbonyl (C=O) groups excluding carboxylic acids is 4. The molecule has 0 aliphatic heterocycles. The fraction of sp³-hybridized carbons (Fsp3) is 0.250. The highest BCUT2D eigenvalue weighted by Crippen LogP contribution is 2.27. The predicted molar refractivity (Wildman–Crippen MR) is 75.3 cm³/mol. The Morgan fingerprint density at radius 3 is 2.32 bits per heavy atom. The third kappa shape index (κ3) is 2.67. The summed E-state index contributed by atoms with van der Waals surface area (Å²) >= 11 is 0. The minimum absolute atomic E-state index is 0.0400. The number of allylic oxidation sites excluding steroid dienone is 1. The molecule has 0 heterocycles. The third-order valence-corrected chi connectivity index (χ3v) is 3.26. The van der Waals surface area contributed by atoms with Crippen molar-refractivity contribution in [3.05, 3.63) is 47.0 Å². The van der Waals surface area contributed by atoms with E-state index in [0.717, 1.165) is 13.2 Å². The molecule has 1 aromatic rings. The predicted octanol–water partition coefficient (Wildman–Crippen LogP) is 1.34. The van der Waals surface area contributed by atoms with Gasteiger partial charge in [-0.05, 0) is 13.0 Å². The summed E-state index contributed by atoms with van der Waals surface area (Å²) in [5.41, 5.74) is 0.168. The first-order valence-corrected chi connectivity index (χ1v) is 6.65. The van der Waals surface area contributed by atoms with Crippen molar-refractivity contribution >= 4 is 23.5 Å². The van der Waals surface area contributed by atoms with E-state index >= 15 is 0 Å². The highest BCUT2D eigenvalue weighted by atomic mass is 16.5. The van der Waals surface area contributed by atoms with Crippen LogP contribution in [0.25, 0.3) is 0 Å². The minimum Gasteiger partial charge on any atom is -0.468 e. The standard InChI is InChI=1S/C16H14O6/c1-3-22-16(20)13(15(19)21-2)11-8-12(17)9-6-4-5-7-10(9)14(11)18/h4-8,13H,3H2,1-2H3. The summed E-state index contributed by atoms with van der Waals surface area (Å²) in [6.07, 6.45) is 1.00. The van der Waals surface area contributed by atoms with Gasteiger partial charge >= 0.3 is 11.9 Å². The quantitative estimate of drug-likeness (QED) is 0.616. The summed E-state index contributed by atoms with van der Waals surface area (Å²) in [6, 6.07) is 6.22. The fourth-order valence-electron chi connectivity index (χ4n) is 2.24. The summed E-state index contributed by atoms with van der Waals surface area (Å²) in [5.74, 6) is -4.41. The van der Waals surface area contributed by atoms with E-state index in [0.29, 0.717) is 0 Å². The van der Waals surface area contributed by atoms with Crippen LogP contribution >= 0.6 is 0 Å². The van der Waals surface area contributed by atoms with Crippen LogP contribution in [0.3, 0.4) is 0 Å². The summed E-state index contributed by atoms with van der Waals surface area (Å²) in [7, 11) is 1.10. The number of fused-ring (bicyclic) bond motifs is 1. The van der Waals surface area contributed by atoms with Crippen LogP contribution in [0.2, 0.25) is 0 Å². The zero-order valence-electron chi connectivity index (χ0n) is 12.1. The molecule has 0 saturated carbocycles. The molecule has 1 aliphatic rings. The Bertz CT molecular complexity index is 686. The Balaban J connectivity index is 2.49. The number of ketones is 2. The Labute approximate surface area is 126 Å². The molecule has 1 unspecified atom stereocenters. The van der Waals surface area contributed by atoms with Crippen molar-refractivity contribution in [3.63, 3.8) is 0 Å². The average Bonchev–Trinajstić information content (AvgIpc) is 2.52. The maximum Gasteiger partial charge on any atom is 0.325 e. The molecule has 1 aliphatic carbocycles. The molecule has 0 saturated heterocycles. The Hall–Kier alpha value is -2.76. The van der Waals surface area contributed by atoms with Crippen molar-refractivity contribution in [1.29, 1.82) is 0 Å². The van der Waals surface area contributed by atoms with E-state index in [4.69, 9.17) is 4.74 Å². The molecule has 1 aromatic carbocycles. The lowest BCUT2D eigenvalue weighted by molar-refractivity contribution is -0.158. The number of benzene rings is 1. The number of Topliss-reactive ketones (excluding diaryl/α,β-unsaturated/α-hetero) is 1. The fourth-order valence-corrected chi connectivity index (χ4v) is 2.24. The highest BCUT2D eigenvalue weighted by molar-refractivity contribution is 6.27. The van der Waals surface area contributed by atoms with Crippen molar-refractivity contribution < 1.29 is 28.7 Å². The van der Waals surface area contributed by atoms with Crippen LogP contribution in [-0.4, -0.2) is 37.2 Å². The van der Waals surface area contributed by atoms with Crippen molar-refractivity contribution in [3.8, 4) is 0 Å².